The highest BCUT2D eigenvalue weighted by atomic mass is 32.1. The number of anilines is 3. The molecule has 0 saturated heterocycles. The van der Waals surface area contributed by atoms with E-state index in [9.17, 15) is 15.3 Å². The van der Waals surface area contributed by atoms with Crippen molar-refractivity contribution in [1.29, 1.82) is 10.5 Å². The van der Waals surface area contributed by atoms with E-state index >= 15 is 0 Å². The summed E-state index contributed by atoms with van der Waals surface area (Å²) in [4.78, 5) is 14.5. The number of hydrogen-bond acceptors (Lipinski definition) is 6. The summed E-state index contributed by atoms with van der Waals surface area (Å²) in [5.74, 6) is 0.0647. The molecule has 0 amide bonds. The summed E-state index contributed by atoms with van der Waals surface area (Å²) >= 11 is 1.51. The maximum absolute atomic E-state index is 11.5. The van der Waals surface area contributed by atoms with Crippen LogP contribution in [0, 0.1) is 22.7 Å². The number of thiophene rings is 1. The highest BCUT2D eigenvalue weighted by Crippen LogP contribution is 2.52. The van der Waals surface area contributed by atoms with Crippen LogP contribution in [0.5, 0.6) is 5.75 Å². The van der Waals surface area contributed by atoms with Gasteiger partial charge < -0.3 is 9.64 Å². The van der Waals surface area contributed by atoms with E-state index in [4.69, 9.17) is 4.74 Å². The first-order valence-corrected chi connectivity index (χ1v) is 13.3. The van der Waals surface area contributed by atoms with Crippen LogP contribution < -0.4 is 9.64 Å². The number of nitriles is 2. The Kier molecular flexibility index (Phi) is 7.83. The van der Waals surface area contributed by atoms with Crippen LogP contribution >= 0.6 is 11.3 Å². The molecule has 0 radical (unpaired) electrons. The maximum atomic E-state index is 11.5. The summed E-state index contributed by atoms with van der Waals surface area (Å²) in [6.07, 6.45) is 1.65. The fourth-order valence-electron chi connectivity index (χ4n) is 4.47. The van der Waals surface area contributed by atoms with Crippen LogP contribution in [0.25, 0.3) is 28.3 Å². The van der Waals surface area contributed by atoms with Crippen molar-refractivity contribution in [2.75, 3.05) is 4.90 Å². The molecule has 0 aliphatic rings. The summed E-state index contributed by atoms with van der Waals surface area (Å²) in [7, 11) is 0. The molecule has 0 atom stereocenters. The Morgan fingerprint density at radius 2 is 1.23 bits per heavy atom. The number of rotatable bonds is 7. The number of hydrogen-bond donors (Lipinski definition) is 0. The standard InChI is InChI=1S/C34H23N3O2S/c1-24(38)39-30-19-17-27(18-20-30)33-32(26-11-5-2-6-12-26)31(21-25(22-35)23-36)40-34(33)37(28-13-7-3-8-14-28)29-15-9-4-10-16-29/h2-21H,1H3. The normalized spacial score (nSPS) is 10.2. The molecule has 0 saturated carbocycles. The van der Waals surface area contributed by atoms with Gasteiger partial charge in [-0.2, -0.15) is 10.5 Å². The average Bonchev–Trinajstić information content (AvgIpc) is 3.36. The fraction of sp³-hybridized carbons (Fsp3) is 0.0294. The van der Waals surface area contributed by atoms with E-state index in [1.54, 1.807) is 18.2 Å². The highest BCUT2D eigenvalue weighted by Gasteiger charge is 2.26. The monoisotopic (exact) mass is 537 g/mol. The minimum Gasteiger partial charge on any atom is -0.427 e. The molecule has 5 aromatic rings. The van der Waals surface area contributed by atoms with Crippen molar-refractivity contribution in [2.45, 2.75) is 6.92 Å². The van der Waals surface area contributed by atoms with E-state index in [1.807, 2.05) is 115 Å². The van der Waals surface area contributed by atoms with Crippen LogP contribution in [0.3, 0.4) is 0 Å². The summed E-state index contributed by atoms with van der Waals surface area (Å²) in [5, 5.41) is 20.2. The Hall–Kier alpha value is -5.43. The third-order valence-electron chi connectivity index (χ3n) is 6.13. The molecule has 0 N–H and O–H groups in total. The first-order valence-electron chi connectivity index (χ1n) is 12.5. The molecule has 0 bridgehead atoms. The number of allylic oxidation sites excluding steroid dienone is 1. The summed E-state index contributed by atoms with van der Waals surface area (Å²) < 4.78 is 5.29. The summed E-state index contributed by atoms with van der Waals surface area (Å²) in [6, 6.07) is 41.5. The molecule has 0 aliphatic heterocycles. The zero-order valence-corrected chi connectivity index (χ0v) is 22.4. The Morgan fingerprint density at radius 1 is 0.725 bits per heavy atom. The zero-order valence-electron chi connectivity index (χ0n) is 21.6. The van der Waals surface area contributed by atoms with Gasteiger partial charge in [-0.05, 0) is 53.6 Å². The van der Waals surface area contributed by atoms with Crippen molar-refractivity contribution in [3.05, 3.63) is 126 Å². The molecular weight excluding hydrogens is 514 g/mol. The van der Waals surface area contributed by atoms with Gasteiger partial charge in [0.1, 0.15) is 28.5 Å². The molecule has 0 fully saturated rings. The molecule has 1 heterocycles. The van der Waals surface area contributed by atoms with Gasteiger partial charge in [-0.3, -0.25) is 4.79 Å². The van der Waals surface area contributed by atoms with Crippen molar-refractivity contribution >= 4 is 39.8 Å². The lowest BCUT2D eigenvalue weighted by Crippen LogP contribution is -2.09. The predicted molar refractivity (Wildman–Crippen MR) is 160 cm³/mol. The third-order valence-corrected chi connectivity index (χ3v) is 7.25. The Balaban J connectivity index is 1.87. The van der Waals surface area contributed by atoms with Crippen molar-refractivity contribution in [1.82, 2.24) is 0 Å². The SMILES string of the molecule is CC(=O)Oc1ccc(-c2c(N(c3ccccc3)c3ccccc3)sc(C=C(C#N)C#N)c2-c2ccccc2)cc1. The lowest BCUT2D eigenvalue weighted by atomic mass is 9.95. The van der Waals surface area contributed by atoms with Gasteiger partial charge in [-0.25, -0.2) is 0 Å². The molecule has 0 unspecified atom stereocenters. The van der Waals surface area contributed by atoms with E-state index < -0.39 is 0 Å². The lowest BCUT2D eigenvalue weighted by molar-refractivity contribution is -0.131. The first-order chi connectivity index (χ1) is 19.6. The minimum absolute atomic E-state index is 0.0210. The smallest absolute Gasteiger partial charge is 0.308 e. The number of carbonyl (C=O) groups is 1. The second-order valence-corrected chi connectivity index (χ2v) is 9.82. The largest absolute Gasteiger partial charge is 0.427 e. The van der Waals surface area contributed by atoms with Crippen LogP contribution in [0.2, 0.25) is 0 Å². The number of para-hydroxylation sites is 2. The molecular formula is C34H23N3O2S. The van der Waals surface area contributed by atoms with Gasteiger partial charge in [0, 0.05) is 34.3 Å². The second kappa shape index (κ2) is 12.0. The molecule has 4 aromatic carbocycles. The zero-order chi connectivity index (χ0) is 27.9. The Bertz CT molecular complexity index is 1690. The first kappa shape index (κ1) is 26.2. The fourth-order valence-corrected chi connectivity index (χ4v) is 5.80. The van der Waals surface area contributed by atoms with Gasteiger partial charge in [-0.15, -0.1) is 11.3 Å². The van der Waals surface area contributed by atoms with E-state index in [-0.39, 0.29) is 11.5 Å². The van der Waals surface area contributed by atoms with Gasteiger partial charge in [0.15, 0.2) is 0 Å². The van der Waals surface area contributed by atoms with E-state index in [1.165, 1.54) is 18.3 Å². The molecule has 6 heteroatoms. The third kappa shape index (κ3) is 5.54. The number of carbonyl (C=O) groups excluding carboxylic acids is 1. The van der Waals surface area contributed by atoms with Crippen molar-refractivity contribution in [3.8, 4) is 40.1 Å². The van der Waals surface area contributed by atoms with Crippen molar-refractivity contribution in [3.63, 3.8) is 0 Å². The van der Waals surface area contributed by atoms with Gasteiger partial charge in [0.2, 0.25) is 0 Å². The molecule has 40 heavy (non-hydrogen) atoms. The minimum atomic E-state index is -0.388. The maximum Gasteiger partial charge on any atom is 0.308 e. The van der Waals surface area contributed by atoms with Crippen LogP contribution in [0.1, 0.15) is 11.8 Å². The number of ether oxygens (including phenoxy) is 1. The topological polar surface area (TPSA) is 77.1 Å². The van der Waals surface area contributed by atoms with Crippen LogP contribution in [0.15, 0.2) is 121 Å². The molecule has 0 aliphatic carbocycles. The van der Waals surface area contributed by atoms with Crippen LogP contribution in [-0.4, -0.2) is 5.97 Å². The van der Waals surface area contributed by atoms with Crippen LogP contribution in [0.4, 0.5) is 16.4 Å². The highest BCUT2D eigenvalue weighted by molar-refractivity contribution is 7.18. The Morgan fingerprint density at radius 3 is 1.73 bits per heavy atom. The van der Waals surface area contributed by atoms with E-state index in [2.05, 4.69) is 4.90 Å². The number of benzene rings is 4. The number of nitrogens with zero attached hydrogens (tertiary/aromatic N) is 3. The molecule has 1 aromatic heterocycles. The number of esters is 1. The molecule has 5 nitrogen and oxygen atoms in total. The average molecular weight is 538 g/mol. The van der Waals surface area contributed by atoms with Gasteiger partial charge in [0.25, 0.3) is 0 Å². The van der Waals surface area contributed by atoms with Gasteiger partial charge in [0.05, 0.1) is 0 Å². The van der Waals surface area contributed by atoms with E-state index in [0.29, 0.717) is 5.75 Å². The molecule has 0 spiro atoms. The predicted octanol–water partition coefficient (Wildman–Crippen LogP) is 8.91. The van der Waals surface area contributed by atoms with E-state index in [0.717, 1.165) is 43.5 Å². The van der Waals surface area contributed by atoms with Crippen molar-refractivity contribution < 1.29 is 9.53 Å². The Labute approximate surface area is 237 Å². The quantitative estimate of drug-likeness (QED) is 0.118. The van der Waals surface area contributed by atoms with Crippen LogP contribution in [-0.2, 0) is 4.79 Å². The van der Waals surface area contributed by atoms with Crippen molar-refractivity contribution in [2.24, 2.45) is 0 Å². The van der Waals surface area contributed by atoms with Gasteiger partial charge in [-0.1, -0.05) is 78.9 Å². The lowest BCUT2D eigenvalue weighted by Gasteiger charge is -2.25. The second-order valence-electron chi connectivity index (χ2n) is 8.79. The summed E-state index contributed by atoms with van der Waals surface area (Å²) in [5.41, 5.74) is 5.63. The van der Waals surface area contributed by atoms with Gasteiger partial charge >= 0.3 is 5.97 Å². The summed E-state index contributed by atoms with van der Waals surface area (Å²) in [6.45, 7) is 1.37. The molecule has 192 valence electrons. The molecule has 5 rings (SSSR count).